The number of nitrogens with zero attached hydrogens (tertiary/aromatic N) is 1. The van der Waals surface area contributed by atoms with Crippen LogP contribution in [0.3, 0.4) is 0 Å². The van der Waals surface area contributed by atoms with Crippen molar-refractivity contribution in [2.24, 2.45) is 0 Å². The summed E-state index contributed by atoms with van der Waals surface area (Å²) in [6, 6.07) is 0.0153. The second kappa shape index (κ2) is 7.63. The molecule has 16 heavy (non-hydrogen) atoms. The van der Waals surface area contributed by atoms with Gasteiger partial charge in [-0.15, -0.1) is 0 Å². The molecule has 0 aromatic carbocycles. The molecule has 0 aromatic heterocycles. The lowest BCUT2D eigenvalue weighted by Gasteiger charge is -2.29. The van der Waals surface area contributed by atoms with Gasteiger partial charge in [0.1, 0.15) is 0 Å². The van der Waals surface area contributed by atoms with Gasteiger partial charge in [-0.25, -0.2) is 0 Å². The number of nitrogens with one attached hydrogen (secondary N) is 1. The summed E-state index contributed by atoms with van der Waals surface area (Å²) < 4.78 is 0. The van der Waals surface area contributed by atoms with Crippen LogP contribution in [-0.4, -0.2) is 47.7 Å². The number of aliphatic hydroxyl groups excluding tert-OH is 1. The summed E-state index contributed by atoms with van der Waals surface area (Å²) in [6.45, 7) is 7.95. The maximum absolute atomic E-state index is 11.9. The zero-order valence-corrected chi connectivity index (χ0v) is 11.2. The summed E-state index contributed by atoms with van der Waals surface area (Å²) in [6.07, 6.45) is 2.07. The Morgan fingerprint density at radius 1 is 1.38 bits per heavy atom. The van der Waals surface area contributed by atoms with Crippen molar-refractivity contribution in [2.45, 2.75) is 58.7 Å². The molecule has 2 N–H and O–H groups in total. The highest BCUT2D eigenvalue weighted by Gasteiger charge is 2.22. The van der Waals surface area contributed by atoms with Crippen molar-refractivity contribution in [3.63, 3.8) is 0 Å². The number of carbonyl (C=O) groups is 1. The molecule has 0 bridgehead atoms. The Balaban J connectivity index is 4.17. The predicted octanol–water partition coefficient (Wildman–Crippen LogP) is 0.992. The van der Waals surface area contributed by atoms with E-state index in [9.17, 15) is 4.79 Å². The molecule has 4 nitrogen and oxygen atoms in total. The van der Waals surface area contributed by atoms with E-state index in [2.05, 4.69) is 12.2 Å². The van der Waals surface area contributed by atoms with E-state index in [-0.39, 0.29) is 30.6 Å². The van der Waals surface area contributed by atoms with E-state index >= 15 is 0 Å². The molecule has 4 heteroatoms. The first kappa shape index (κ1) is 15.4. The number of hydrogen-bond donors (Lipinski definition) is 2. The Labute approximate surface area is 99.0 Å². The van der Waals surface area contributed by atoms with Crippen LogP contribution in [0.4, 0.5) is 0 Å². The van der Waals surface area contributed by atoms with Crippen LogP contribution in [0.1, 0.15) is 40.5 Å². The first-order chi connectivity index (χ1) is 7.43. The van der Waals surface area contributed by atoms with E-state index in [1.54, 1.807) is 0 Å². The van der Waals surface area contributed by atoms with E-state index in [1.807, 2.05) is 32.7 Å². The Kier molecular flexibility index (Phi) is 7.34. The summed E-state index contributed by atoms with van der Waals surface area (Å²) in [4.78, 5) is 13.7. The van der Waals surface area contributed by atoms with E-state index in [0.29, 0.717) is 0 Å². The van der Waals surface area contributed by atoms with Crippen molar-refractivity contribution >= 4 is 5.91 Å². The predicted molar refractivity (Wildman–Crippen MR) is 66.3 cm³/mol. The van der Waals surface area contributed by atoms with Crippen molar-refractivity contribution in [1.82, 2.24) is 10.2 Å². The van der Waals surface area contributed by atoms with Crippen LogP contribution in [0.5, 0.6) is 0 Å². The molecule has 0 rings (SSSR count). The number of aliphatic hydroxyl groups is 1. The van der Waals surface area contributed by atoms with Crippen LogP contribution in [0.15, 0.2) is 0 Å². The lowest BCUT2D eigenvalue weighted by Crippen LogP contribution is -2.49. The van der Waals surface area contributed by atoms with Crippen LogP contribution in [0.25, 0.3) is 0 Å². The SMILES string of the molecule is CCCC(C)NC(=O)C(C)N(C)C(C)CO. The standard InChI is InChI=1S/C12H26N2O2/c1-6-7-9(2)13-12(16)11(4)14(5)10(3)8-15/h9-11,15H,6-8H2,1-5H3,(H,13,16). The van der Waals surface area contributed by atoms with Crippen LogP contribution in [-0.2, 0) is 4.79 Å². The number of carbonyl (C=O) groups excluding carboxylic acids is 1. The molecule has 0 aliphatic rings. The smallest absolute Gasteiger partial charge is 0.237 e. The van der Waals surface area contributed by atoms with Crippen molar-refractivity contribution in [1.29, 1.82) is 0 Å². The average Bonchev–Trinajstić information content (AvgIpc) is 2.26. The minimum Gasteiger partial charge on any atom is -0.395 e. The molecule has 0 radical (unpaired) electrons. The minimum absolute atomic E-state index is 0.00207. The van der Waals surface area contributed by atoms with Crippen molar-refractivity contribution in [3.05, 3.63) is 0 Å². The molecule has 3 unspecified atom stereocenters. The van der Waals surface area contributed by atoms with Gasteiger partial charge in [0.05, 0.1) is 12.6 Å². The quantitative estimate of drug-likeness (QED) is 0.686. The second-order valence-corrected chi connectivity index (χ2v) is 4.57. The summed E-state index contributed by atoms with van der Waals surface area (Å²) in [5.41, 5.74) is 0. The third kappa shape index (κ3) is 4.94. The Morgan fingerprint density at radius 3 is 2.38 bits per heavy atom. The molecule has 0 saturated heterocycles. The summed E-state index contributed by atoms with van der Waals surface area (Å²) in [7, 11) is 1.86. The van der Waals surface area contributed by atoms with Crippen LogP contribution < -0.4 is 5.32 Å². The fourth-order valence-electron chi connectivity index (χ4n) is 1.56. The zero-order valence-electron chi connectivity index (χ0n) is 11.2. The number of rotatable bonds is 7. The Morgan fingerprint density at radius 2 is 1.94 bits per heavy atom. The van der Waals surface area contributed by atoms with Crippen molar-refractivity contribution in [2.75, 3.05) is 13.7 Å². The fourth-order valence-corrected chi connectivity index (χ4v) is 1.56. The van der Waals surface area contributed by atoms with Crippen LogP contribution in [0.2, 0.25) is 0 Å². The average molecular weight is 230 g/mol. The lowest BCUT2D eigenvalue weighted by molar-refractivity contribution is -0.127. The van der Waals surface area contributed by atoms with Gasteiger partial charge in [-0.3, -0.25) is 9.69 Å². The van der Waals surface area contributed by atoms with Gasteiger partial charge in [0.25, 0.3) is 0 Å². The molecule has 96 valence electrons. The fraction of sp³-hybridized carbons (Fsp3) is 0.917. The third-order valence-electron chi connectivity index (χ3n) is 3.06. The molecule has 0 aliphatic heterocycles. The molecule has 0 fully saturated rings. The molecular weight excluding hydrogens is 204 g/mol. The van der Waals surface area contributed by atoms with Crippen molar-refractivity contribution in [3.8, 4) is 0 Å². The number of likely N-dealkylation sites (N-methyl/N-ethyl adjacent to an activating group) is 1. The van der Waals surface area contributed by atoms with Gasteiger partial charge < -0.3 is 10.4 Å². The molecular formula is C12H26N2O2. The highest BCUT2D eigenvalue weighted by Crippen LogP contribution is 2.03. The van der Waals surface area contributed by atoms with Gasteiger partial charge in [0.2, 0.25) is 5.91 Å². The van der Waals surface area contributed by atoms with Gasteiger partial charge in [0.15, 0.2) is 0 Å². The maximum atomic E-state index is 11.9. The summed E-state index contributed by atoms with van der Waals surface area (Å²) >= 11 is 0. The number of hydrogen-bond acceptors (Lipinski definition) is 3. The van der Waals surface area contributed by atoms with E-state index in [1.165, 1.54) is 0 Å². The highest BCUT2D eigenvalue weighted by molar-refractivity contribution is 5.81. The summed E-state index contributed by atoms with van der Waals surface area (Å²) in [5.74, 6) is 0.0312. The monoisotopic (exact) mass is 230 g/mol. The van der Waals surface area contributed by atoms with Crippen LogP contribution in [0, 0.1) is 0 Å². The molecule has 0 aliphatic carbocycles. The molecule has 0 heterocycles. The summed E-state index contributed by atoms with van der Waals surface area (Å²) in [5, 5.41) is 12.0. The molecule has 3 atom stereocenters. The van der Waals surface area contributed by atoms with E-state index in [0.717, 1.165) is 12.8 Å². The Hall–Kier alpha value is -0.610. The van der Waals surface area contributed by atoms with Crippen molar-refractivity contribution < 1.29 is 9.90 Å². The van der Waals surface area contributed by atoms with Gasteiger partial charge in [0, 0.05) is 12.1 Å². The zero-order chi connectivity index (χ0) is 12.7. The highest BCUT2D eigenvalue weighted by atomic mass is 16.3. The van der Waals surface area contributed by atoms with E-state index < -0.39 is 0 Å². The van der Waals surface area contributed by atoms with Crippen LogP contribution >= 0.6 is 0 Å². The molecule has 0 aromatic rings. The largest absolute Gasteiger partial charge is 0.395 e. The van der Waals surface area contributed by atoms with Gasteiger partial charge in [-0.1, -0.05) is 13.3 Å². The number of amides is 1. The van der Waals surface area contributed by atoms with E-state index in [4.69, 9.17) is 5.11 Å². The Bertz CT molecular complexity index is 209. The molecule has 0 saturated carbocycles. The molecule has 1 amide bonds. The van der Waals surface area contributed by atoms with Gasteiger partial charge >= 0.3 is 0 Å². The maximum Gasteiger partial charge on any atom is 0.237 e. The van der Waals surface area contributed by atoms with Gasteiger partial charge in [-0.05, 0) is 34.2 Å². The topological polar surface area (TPSA) is 52.6 Å². The second-order valence-electron chi connectivity index (χ2n) is 4.57. The first-order valence-electron chi connectivity index (χ1n) is 6.07. The molecule has 0 spiro atoms. The lowest BCUT2D eigenvalue weighted by atomic mass is 10.1. The first-order valence-corrected chi connectivity index (χ1v) is 6.07. The minimum atomic E-state index is -0.207. The van der Waals surface area contributed by atoms with Gasteiger partial charge in [-0.2, -0.15) is 0 Å². The third-order valence-corrected chi connectivity index (χ3v) is 3.06. The normalized spacial score (nSPS) is 16.9.